The lowest BCUT2D eigenvalue weighted by Crippen LogP contribution is -2.39. The van der Waals surface area contributed by atoms with Gasteiger partial charge in [-0.3, -0.25) is 0 Å². The summed E-state index contributed by atoms with van der Waals surface area (Å²) < 4.78 is 9.45. The van der Waals surface area contributed by atoms with Crippen LogP contribution in [0.15, 0.2) is 4.99 Å². The number of carbonyl (C=O) groups excluding carboxylic acids is 2. The molecular formula is C9H14ClNO4. The van der Waals surface area contributed by atoms with Crippen LogP contribution in [-0.2, 0) is 19.1 Å². The van der Waals surface area contributed by atoms with Gasteiger partial charge in [0.25, 0.3) is 5.72 Å². The highest BCUT2D eigenvalue weighted by Crippen LogP contribution is 2.21. The Labute approximate surface area is 93.4 Å². The molecule has 0 heterocycles. The molecule has 0 aromatic carbocycles. The maximum absolute atomic E-state index is 11.4. The Morgan fingerprint density at radius 1 is 1.47 bits per heavy atom. The first-order chi connectivity index (χ1) is 7.16. The quantitative estimate of drug-likeness (QED) is 0.219. The molecule has 1 unspecified atom stereocenters. The van der Waals surface area contributed by atoms with Crippen molar-refractivity contribution in [2.45, 2.75) is 25.0 Å². The smallest absolute Gasteiger partial charge is 0.362 e. The van der Waals surface area contributed by atoms with Gasteiger partial charge < -0.3 is 9.47 Å². The minimum absolute atomic E-state index is 0.248. The second kappa shape index (κ2) is 7.40. The van der Waals surface area contributed by atoms with E-state index in [1.165, 1.54) is 20.3 Å². The zero-order valence-electron chi connectivity index (χ0n) is 8.79. The Morgan fingerprint density at radius 2 is 2.13 bits per heavy atom. The Bertz CT molecular complexity index is 252. The molecule has 0 saturated heterocycles. The van der Waals surface area contributed by atoms with Gasteiger partial charge in [0.05, 0.1) is 7.11 Å². The molecule has 0 aromatic heterocycles. The summed E-state index contributed by atoms with van der Waals surface area (Å²) in [7, 11) is 2.50. The van der Waals surface area contributed by atoms with Gasteiger partial charge in [0.2, 0.25) is 6.08 Å². The van der Waals surface area contributed by atoms with E-state index in [2.05, 4.69) is 9.73 Å². The van der Waals surface area contributed by atoms with Gasteiger partial charge in [-0.15, -0.1) is 11.6 Å². The Balaban J connectivity index is 4.65. The van der Waals surface area contributed by atoms with Crippen LogP contribution in [-0.4, -0.2) is 37.9 Å². The molecule has 0 rings (SSSR count). The molecule has 86 valence electrons. The van der Waals surface area contributed by atoms with E-state index in [1.54, 1.807) is 0 Å². The first-order valence-electron chi connectivity index (χ1n) is 4.45. The highest BCUT2D eigenvalue weighted by atomic mass is 35.5. The van der Waals surface area contributed by atoms with Crippen molar-refractivity contribution < 1.29 is 19.1 Å². The van der Waals surface area contributed by atoms with Crippen molar-refractivity contribution in [1.82, 2.24) is 0 Å². The summed E-state index contributed by atoms with van der Waals surface area (Å²) in [5, 5.41) is 0. The van der Waals surface area contributed by atoms with Gasteiger partial charge in [-0.25, -0.2) is 9.59 Å². The first-order valence-corrected chi connectivity index (χ1v) is 4.99. The molecule has 0 radical (unpaired) electrons. The van der Waals surface area contributed by atoms with E-state index in [1.807, 2.05) is 0 Å². The van der Waals surface area contributed by atoms with Gasteiger partial charge in [0.15, 0.2) is 0 Å². The molecule has 6 heteroatoms. The third-order valence-corrected chi connectivity index (χ3v) is 2.23. The predicted octanol–water partition coefficient (Wildman–Crippen LogP) is 1.25. The van der Waals surface area contributed by atoms with Crippen molar-refractivity contribution in [3.63, 3.8) is 0 Å². The van der Waals surface area contributed by atoms with Crippen LogP contribution in [0, 0.1) is 0 Å². The number of aliphatic imine (C=N–C) groups is 1. The van der Waals surface area contributed by atoms with E-state index in [4.69, 9.17) is 16.3 Å². The average Bonchev–Trinajstić information content (AvgIpc) is 2.27. The summed E-state index contributed by atoms with van der Waals surface area (Å²) in [5.41, 5.74) is -1.57. The Kier molecular flexibility index (Phi) is 6.96. The molecule has 5 nitrogen and oxygen atoms in total. The number of methoxy groups -OCH3 is 2. The third-order valence-electron chi connectivity index (χ3n) is 1.97. The fourth-order valence-corrected chi connectivity index (χ4v) is 1.32. The van der Waals surface area contributed by atoms with Gasteiger partial charge in [-0.05, 0) is 12.8 Å². The molecule has 15 heavy (non-hydrogen) atoms. The standard InChI is InChI=1S/C9H14ClNO4/c1-14-8(13)9(15-2,11-7-12)5-3-4-6-10/h3-6H2,1-2H3. The second-order valence-corrected chi connectivity index (χ2v) is 3.21. The van der Waals surface area contributed by atoms with Gasteiger partial charge >= 0.3 is 5.97 Å². The SMILES string of the molecule is COC(=O)C(CCCCCl)(N=C=O)OC. The molecular weight excluding hydrogens is 222 g/mol. The Morgan fingerprint density at radius 3 is 2.53 bits per heavy atom. The van der Waals surface area contributed by atoms with E-state index >= 15 is 0 Å². The monoisotopic (exact) mass is 235 g/mol. The van der Waals surface area contributed by atoms with Crippen molar-refractivity contribution in [1.29, 1.82) is 0 Å². The van der Waals surface area contributed by atoms with E-state index in [0.29, 0.717) is 18.7 Å². The molecule has 0 aliphatic carbocycles. The highest BCUT2D eigenvalue weighted by molar-refractivity contribution is 6.17. The zero-order chi connectivity index (χ0) is 11.7. The van der Waals surface area contributed by atoms with Crippen molar-refractivity contribution in [2.24, 2.45) is 4.99 Å². The van der Waals surface area contributed by atoms with Crippen LogP contribution in [0.5, 0.6) is 0 Å². The molecule has 0 aliphatic rings. The number of rotatable bonds is 7. The van der Waals surface area contributed by atoms with Gasteiger partial charge in [-0.2, -0.15) is 4.99 Å². The number of halogens is 1. The van der Waals surface area contributed by atoms with E-state index in [9.17, 15) is 9.59 Å². The molecule has 0 N–H and O–H groups in total. The average molecular weight is 236 g/mol. The van der Waals surface area contributed by atoms with Gasteiger partial charge in [0.1, 0.15) is 0 Å². The third kappa shape index (κ3) is 4.00. The van der Waals surface area contributed by atoms with Crippen LogP contribution in [0.25, 0.3) is 0 Å². The minimum Gasteiger partial charge on any atom is -0.465 e. The fraction of sp³-hybridized carbons (Fsp3) is 0.778. The molecule has 0 fully saturated rings. The van der Waals surface area contributed by atoms with E-state index < -0.39 is 11.7 Å². The molecule has 1 atom stereocenters. The second-order valence-electron chi connectivity index (χ2n) is 2.83. The number of isocyanates is 1. The number of ether oxygens (including phenoxy) is 2. The van der Waals surface area contributed by atoms with Crippen LogP contribution >= 0.6 is 11.6 Å². The van der Waals surface area contributed by atoms with Crippen molar-refractivity contribution in [2.75, 3.05) is 20.1 Å². The van der Waals surface area contributed by atoms with Crippen LogP contribution < -0.4 is 0 Å². The van der Waals surface area contributed by atoms with Crippen molar-refractivity contribution in [3.05, 3.63) is 0 Å². The van der Waals surface area contributed by atoms with Gasteiger partial charge in [-0.1, -0.05) is 0 Å². The predicted molar refractivity (Wildman–Crippen MR) is 54.4 cm³/mol. The molecule has 0 saturated carbocycles. The van der Waals surface area contributed by atoms with Crippen LogP contribution in [0.3, 0.4) is 0 Å². The first kappa shape index (κ1) is 14.1. The fourth-order valence-electron chi connectivity index (χ4n) is 1.13. The molecule has 0 aliphatic heterocycles. The molecule has 0 aromatic rings. The van der Waals surface area contributed by atoms with Crippen molar-refractivity contribution >= 4 is 23.7 Å². The lowest BCUT2D eigenvalue weighted by atomic mass is 10.1. The summed E-state index contributed by atoms with van der Waals surface area (Å²) in [6.07, 6.45) is 2.88. The molecule has 0 spiro atoms. The van der Waals surface area contributed by atoms with Crippen molar-refractivity contribution in [3.8, 4) is 0 Å². The zero-order valence-corrected chi connectivity index (χ0v) is 9.54. The summed E-state index contributed by atoms with van der Waals surface area (Å²) >= 11 is 5.50. The molecule has 0 amide bonds. The van der Waals surface area contributed by atoms with E-state index in [-0.39, 0.29) is 6.42 Å². The summed E-state index contributed by atoms with van der Waals surface area (Å²) in [5.74, 6) is -0.228. The minimum atomic E-state index is -1.57. The maximum atomic E-state index is 11.4. The summed E-state index contributed by atoms with van der Waals surface area (Å²) in [6, 6.07) is 0. The Hall–Kier alpha value is -0.900. The highest BCUT2D eigenvalue weighted by Gasteiger charge is 2.39. The summed E-state index contributed by atoms with van der Waals surface area (Å²) in [4.78, 5) is 25.0. The normalized spacial score (nSPS) is 13.8. The number of esters is 1. The number of nitrogens with zero attached hydrogens (tertiary/aromatic N) is 1. The number of hydrogen-bond donors (Lipinski definition) is 0. The topological polar surface area (TPSA) is 65.0 Å². The molecule has 0 bridgehead atoms. The van der Waals surface area contributed by atoms with Crippen LogP contribution in [0.1, 0.15) is 19.3 Å². The number of carbonyl (C=O) groups is 1. The maximum Gasteiger partial charge on any atom is 0.362 e. The number of hydrogen-bond acceptors (Lipinski definition) is 5. The number of unbranched alkanes of at least 4 members (excludes halogenated alkanes) is 1. The van der Waals surface area contributed by atoms with Gasteiger partial charge in [0, 0.05) is 19.4 Å². The summed E-state index contributed by atoms with van der Waals surface area (Å²) in [6.45, 7) is 0. The van der Waals surface area contributed by atoms with Crippen LogP contribution in [0.4, 0.5) is 0 Å². The largest absolute Gasteiger partial charge is 0.465 e. The lowest BCUT2D eigenvalue weighted by Gasteiger charge is -2.23. The number of alkyl halides is 1. The lowest BCUT2D eigenvalue weighted by molar-refractivity contribution is -0.166. The van der Waals surface area contributed by atoms with E-state index in [0.717, 1.165) is 0 Å². The van der Waals surface area contributed by atoms with Crippen LogP contribution in [0.2, 0.25) is 0 Å².